The van der Waals surface area contributed by atoms with Gasteiger partial charge in [0.25, 0.3) is 5.91 Å². The number of hydrazone groups is 1. The molecule has 1 aliphatic heterocycles. The smallest absolute Gasteiger partial charge is 0.280 e. The van der Waals surface area contributed by atoms with E-state index in [1.54, 1.807) is 22.9 Å². The van der Waals surface area contributed by atoms with Crippen LogP contribution in [0.25, 0.3) is 23.0 Å². The first-order valence-corrected chi connectivity index (χ1v) is 12.9. The summed E-state index contributed by atoms with van der Waals surface area (Å²) in [5.74, 6) is 0.121. The number of benzene rings is 4. The minimum atomic E-state index is -0.297. The zero-order valence-electron chi connectivity index (χ0n) is 21.7. The molecular formula is C33H25FN4O2. The summed E-state index contributed by atoms with van der Waals surface area (Å²) < 4.78 is 21.6. The fourth-order valence-electron chi connectivity index (χ4n) is 4.50. The molecule has 0 atom stereocenters. The van der Waals surface area contributed by atoms with Crippen molar-refractivity contribution in [3.63, 3.8) is 0 Å². The van der Waals surface area contributed by atoms with Gasteiger partial charge in [0.05, 0.1) is 28.4 Å². The Morgan fingerprint density at radius 2 is 1.48 bits per heavy atom. The van der Waals surface area contributed by atoms with Crippen LogP contribution in [0.3, 0.4) is 0 Å². The van der Waals surface area contributed by atoms with E-state index in [0.29, 0.717) is 34.0 Å². The molecule has 4 aromatic carbocycles. The van der Waals surface area contributed by atoms with Crippen molar-refractivity contribution in [3.8, 4) is 22.7 Å². The lowest BCUT2D eigenvalue weighted by molar-refractivity contribution is -0.114. The van der Waals surface area contributed by atoms with E-state index in [2.05, 4.69) is 5.10 Å². The van der Waals surface area contributed by atoms with E-state index >= 15 is 0 Å². The molecule has 0 fully saturated rings. The van der Waals surface area contributed by atoms with Gasteiger partial charge in [-0.05, 0) is 67.6 Å². The highest BCUT2D eigenvalue weighted by Crippen LogP contribution is 2.30. The maximum absolute atomic E-state index is 14.0. The molecule has 1 aromatic heterocycles. The number of aromatic nitrogens is 2. The minimum absolute atomic E-state index is 0.130. The predicted octanol–water partition coefficient (Wildman–Crippen LogP) is 7.06. The van der Waals surface area contributed by atoms with Gasteiger partial charge in [-0.1, -0.05) is 54.6 Å². The number of halogens is 1. The molecule has 5 aromatic rings. The first-order valence-electron chi connectivity index (χ1n) is 12.9. The summed E-state index contributed by atoms with van der Waals surface area (Å²) in [6, 6.07) is 33.2. The number of nitrogens with zero attached hydrogens (tertiary/aromatic N) is 4. The first-order chi connectivity index (χ1) is 19.6. The maximum atomic E-state index is 14.0. The van der Waals surface area contributed by atoms with E-state index in [9.17, 15) is 9.18 Å². The third-order valence-electron chi connectivity index (χ3n) is 6.61. The minimum Gasteiger partial charge on any atom is -0.489 e. The maximum Gasteiger partial charge on any atom is 0.280 e. The number of anilines is 1. The fraction of sp³-hybridized carbons (Fsp3) is 0.0606. The summed E-state index contributed by atoms with van der Waals surface area (Å²) in [5, 5.41) is 10.8. The normalized spacial score (nSPS) is 14.1. The summed E-state index contributed by atoms with van der Waals surface area (Å²) >= 11 is 0. The van der Waals surface area contributed by atoms with Crippen LogP contribution in [0.1, 0.15) is 18.1 Å². The van der Waals surface area contributed by atoms with Crippen LogP contribution in [0, 0.1) is 5.82 Å². The molecule has 0 bridgehead atoms. The molecule has 0 unspecified atom stereocenters. The van der Waals surface area contributed by atoms with Gasteiger partial charge in [0.15, 0.2) is 0 Å². The van der Waals surface area contributed by atoms with Crippen molar-refractivity contribution >= 4 is 23.4 Å². The Hall–Kier alpha value is -5.30. The standard InChI is InChI=1S/C33H25FN4O2/c1-23-30(33(39)38(35-23)28-13-6-3-7-14-28)20-26-21-37(27-11-4-2-5-12-27)36-32(26)24-16-18-29(19-17-24)40-22-25-10-8-9-15-31(25)34/h2-21H,22H2,1H3. The van der Waals surface area contributed by atoms with E-state index < -0.39 is 0 Å². The summed E-state index contributed by atoms with van der Waals surface area (Å²) in [6.07, 6.45) is 3.75. The second-order valence-electron chi connectivity index (χ2n) is 9.31. The van der Waals surface area contributed by atoms with Crippen LogP contribution in [0.4, 0.5) is 10.1 Å². The van der Waals surface area contributed by atoms with Crippen molar-refractivity contribution in [2.45, 2.75) is 13.5 Å². The van der Waals surface area contributed by atoms with E-state index in [1.165, 1.54) is 11.1 Å². The van der Waals surface area contributed by atoms with Gasteiger partial charge in [-0.2, -0.15) is 15.2 Å². The van der Waals surface area contributed by atoms with Gasteiger partial charge in [0, 0.05) is 22.9 Å². The predicted molar refractivity (Wildman–Crippen MR) is 155 cm³/mol. The van der Waals surface area contributed by atoms with Gasteiger partial charge in [-0.15, -0.1) is 0 Å². The summed E-state index contributed by atoms with van der Waals surface area (Å²) in [6.45, 7) is 1.96. The molecule has 6 rings (SSSR count). The highest BCUT2D eigenvalue weighted by atomic mass is 19.1. The molecule has 0 spiro atoms. The number of rotatable bonds is 7. The third kappa shape index (κ3) is 5.05. The van der Waals surface area contributed by atoms with Gasteiger partial charge in [-0.3, -0.25) is 4.79 Å². The fourth-order valence-corrected chi connectivity index (χ4v) is 4.50. The molecule has 1 aliphatic rings. The molecule has 196 valence electrons. The quantitative estimate of drug-likeness (QED) is 0.213. The first kappa shape index (κ1) is 25.0. The number of para-hydroxylation sites is 2. The number of hydrogen-bond acceptors (Lipinski definition) is 4. The molecule has 0 saturated carbocycles. The Morgan fingerprint density at radius 1 is 0.825 bits per heavy atom. The Kier molecular flexibility index (Phi) is 6.77. The van der Waals surface area contributed by atoms with Gasteiger partial charge < -0.3 is 4.74 Å². The molecule has 0 N–H and O–H groups in total. The Bertz CT molecular complexity index is 1730. The lowest BCUT2D eigenvalue weighted by Crippen LogP contribution is -2.21. The third-order valence-corrected chi connectivity index (χ3v) is 6.61. The summed E-state index contributed by atoms with van der Waals surface area (Å²) in [7, 11) is 0. The number of amides is 1. The SMILES string of the molecule is CC1=NN(c2ccccc2)C(=O)C1=Cc1cn(-c2ccccc2)nc1-c1ccc(OCc2ccccc2F)cc1. The lowest BCUT2D eigenvalue weighted by atomic mass is 10.0. The van der Waals surface area contributed by atoms with Crippen LogP contribution in [-0.4, -0.2) is 21.4 Å². The van der Waals surface area contributed by atoms with Crippen LogP contribution in [0.2, 0.25) is 0 Å². The van der Waals surface area contributed by atoms with Crippen LogP contribution in [-0.2, 0) is 11.4 Å². The summed E-state index contributed by atoms with van der Waals surface area (Å²) in [4.78, 5) is 13.4. The lowest BCUT2D eigenvalue weighted by Gasteiger charge is -2.11. The van der Waals surface area contributed by atoms with Gasteiger partial charge >= 0.3 is 0 Å². The largest absolute Gasteiger partial charge is 0.489 e. The molecule has 0 saturated heterocycles. The van der Waals surface area contributed by atoms with Crippen LogP contribution < -0.4 is 9.75 Å². The zero-order chi connectivity index (χ0) is 27.5. The molecule has 6 nitrogen and oxygen atoms in total. The van der Waals surface area contributed by atoms with Crippen molar-refractivity contribution in [2.75, 3.05) is 5.01 Å². The average Bonchev–Trinajstić information content (AvgIpc) is 3.55. The van der Waals surface area contributed by atoms with Crippen LogP contribution >= 0.6 is 0 Å². The molecule has 40 heavy (non-hydrogen) atoms. The molecule has 1 amide bonds. The van der Waals surface area contributed by atoms with Crippen molar-refractivity contribution < 1.29 is 13.9 Å². The van der Waals surface area contributed by atoms with Gasteiger partial charge in [-0.25, -0.2) is 9.07 Å². The summed E-state index contributed by atoms with van der Waals surface area (Å²) in [5.41, 5.74) is 5.55. The van der Waals surface area contributed by atoms with Crippen LogP contribution in [0.5, 0.6) is 5.75 Å². The highest BCUT2D eigenvalue weighted by Gasteiger charge is 2.29. The number of ether oxygens (including phenoxy) is 1. The Balaban J connectivity index is 1.33. The number of hydrogen-bond donors (Lipinski definition) is 0. The van der Waals surface area contributed by atoms with E-state index in [1.807, 2.05) is 104 Å². The van der Waals surface area contributed by atoms with E-state index in [-0.39, 0.29) is 18.3 Å². The van der Waals surface area contributed by atoms with Crippen LogP contribution in [0.15, 0.2) is 126 Å². The molecule has 0 radical (unpaired) electrons. The molecule has 7 heteroatoms. The van der Waals surface area contributed by atoms with Crippen molar-refractivity contribution in [1.29, 1.82) is 0 Å². The molecular weight excluding hydrogens is 503 g/mol. The van der Waals surface area contributed by atoms with Crippen molar-refractivity contribution in [3.05, 3.63) is 138 Å². The second-order valence-corrected chi connectivity index (χ2v) is 9.31. The van der Waals surface area contributed by atoms with Gasteiger partial charge in [0.1, 0.15) is 18.2 Å². The highest BCUT2D eigenvalue weighted by molar-refractivity contribution is 6.32. The van der Waals surface area contributed by atoms with Crippen molar-refractivity contribution in [1.82, 2.24) is 9.78 Å². The Labute approximate surface area is 231 Å². The van der Waals surface area contributed by atoms with E-state index in [0.717, 1.165) is 16.8 Å². The topological polar surface area (TPSA) is 59.7 Å². The molecule has 0 aliphatic carbocycles. The number of carbonyl (C=O) groups excluding carboxylic acids is 1. The monoisotopic (exact) mass is 528 g/mol. The average molecular weight is 529 g/mol. The van der Waals surface area contributed by atoms with E-state index in [4.69, 9.17) is 9.84 Å². The second kappa shape index (κ2) is 10.8. The van der Waals surface area contributed by atoms with Crippen molar-refractivity contribution in [2.24, 2.45) is 5.10 Å². The Morgan fingerprint density at radius 3 is 2.17 bits per heavy atom. The van der Waals surface area contributed by atoms with Gasteiger partial charge in [0.2, 0.25) is 0 Å². The molecule has 2 heterocycles. The number of carbonyl (C=O) groups is 1. The zero-order valence-corrected chi connectivity index (χ0v) is 21.7.